The van der Waals surface area contributed by atoms with Crippen molar-refractivity contribution in [3.8, 4) is 34.7 Å². The van der Waals surface area contributed by atoms with E-state index in [0.29, 0.717) is 22.3 Å². The van der Waals surface area contributed by atoms with Crippen LogP contribution in [-0.4, -0.2) is 41.6 Å². The molecule has 1 aromatic heterocycles. The summed E-state index contributed by atoms with van der Waals surface area (Å²) < 4.78 is 17.3. The summed E-state index contributed by atoms with van der Waals surface area (Å²) in [6.07, 6.45) is 1.31. The summed E-state index contributed by atoms with van der Waals surface area (Å²) in [7, 11) is 2.94. The fourth-order valence-corrected chi connectivity index (χ4v) is 4.32. The summed E-state index contributed by atoms with van der Waals surface area (Å²) in [5.41, 5.74) is 2.41. The number of nitro benzene ring substituents is 1. The van der Waals surface area contributed by atoms with Gasteiger partial charge < -0.3 is 14.2 Å². The van der Waals surface area contributed by atoms with Gasteiger partial charge >= 0.3 is 5.69 Å². The minimum atomic E-state index is -0.643. The highest BCUT2D eigenvalue weighted by molar-refractivity contribution is 5.84. The normalized spacial score (nSPS) is 11.1. The molecule has 1 heterocycles. The van der Waals surface area contributed by atoms with E-state index in [2.05, 4.69) is 5.10 Å². The number of nitro groups is 1. The van der Waals surface area contributed by atoms with Crippen molar-refractivity contribution in [3.63, 3.8) is 0 Å². The fourth-order valence-electron chi connectivity index (χ4n) is 4.32. The molecular formula is C29H27N5O6. The molecule has 0 bridgehead atoms. The van der Waals surface area contributed by atoms with Gasteiger partial charge in [0.25, 0.3) is 5.56 Å². The smallest absolute Gasteiger partial charge is 0.315 e. The lowest BCUT2D eigenvalue weighted by Crippen LogP contribution is -2.21. The number of methoxy groups -OCH3 is 2. The predicted octanol–water partition coefficient (Wildman–Crippen LogP) is 5.21. The van der Waals surface area contributed by atoms with Crippen LogP contribution in [0, 0.1) is 28.4 Å². The molecule has 0 radical (unpaired) electrons. The Balaban J connectivity index is 1.96. The quantitative estimate of drug-likeness (QED) is 0.160. The monoisotopic (exact) mass is 541 g/mol. The van der Waals surface area contributed by atoms with Crippen LogP contribution >= 0.6 is 0 Å². The van der Waals surface area contributed by atoms with E-state index in [4.69, 9.17) is 24.5 Å². The molecule has 4 aromatic rings. The molecule has 204 valence electrons. The van der Waals surface area contributed by atoms with Crippen molar-refractivity contribution in [2.24, 2.45) is 5.10 Å². The summed E-state index contributed by atoms with van der Waals surface area (Å²) in [5, 5.41) is 25.4. The number of hydrogen-bond donors (Lipinski definition) is 0. The van der Waals surface area contributed by atoms with Crippen molar-refractivity contribution in [1.82, 2.24) is 9.66 Å². The van der Waals surface area contributed by atoms with Crippen molar-refractivity contribution < 1.29 is 19.1 Å². The van der Waals surface area contributed by atoms with E-state index in [-0.39, 0.29) is 23.0 Å². The third-order valence-electron chi connectivity index (χ3n) is 6.27. The first kappa shape index (κ1) is 27.8. The maximum Gasteiger partial charge on any atom is 0.315 e. The van der Waals surface area contributed by atoms with Gasteiger partial charge in [-0.25, -0.2) is 4.98 Å². The van der Waals surface area contributed by atoms with Crippen LogP contribution in [0.3, 0.4) is 0 Å². The maximum atomic E-state index is 13.7. The molecule has 0 atom stereocenters. The standard InChI is InChI=1S/C29H27N5O6/c1-17(2)21-15-22(18(3)12-25(21)38-4)28-32-23-9-7-6-8-20(23)29(35)33(28)31-16-19-13-24(34(36)37)27(40-11-10-30)26(14-19)39-5/h6-9,12-17H,11H2,1-5H3. The zero-order chi connectivity index (χ0) is 29.0. The Bertz CT molecular complexity index is 1740. The van der Waals surface area contributed by atoms with E-state index in [1.54, 1.807) is 37.4 Å². The molecule has 0 aliphatic heterocycles. The van der Waals surface area contributed by atoms with Gasteiger partial charge in [-0.05, 0) is 54.3 Å². The van der Waals surface area contributed by atoms with Gasteiger partial charge in [0.05, 0.1) is 36.3 Å². The molecule has 3 aromatic carbocycles. The summed E-state index contributed by atoms with van der Waals surface area (Å²) in [6.45, 7) is 5.58. The number of nitriles is 1. The topological polar surface area (TPSA) is 142 Å². The first-order valence-corrected chi connectivity index (χ1v) is 12.3. The van der Waals surface area contributed by atoms with Crippen LogP contribution in [0.4, 0.5) is 5.69 Å². The van der Waals surface area contributed by atoms with Crippen LogP contribution in [0.25, 0.3) is 22.3 Å². The summed E-state index contributed by atoms with van der Waals surface area (Å²) in [6, 6.07) is 15.3. The number of fused-ring (bicyclic) bond motifs is 1. The van der Waals surface area contributed by atoms with Crippen molar-refractivity contribution in [3.05, 3.63) is 85.7 Å². The molecule has 0 N–H and O–H groups in total. The summed E-state index contributed by atoms with van der Waals surface area (Å²) in [4.78, 5) is 29.6. The molecule has 0 fully saturated rings. The molecule has 0 aliphatic carbocycles. The largest absolute Gasteiger partial charge is 0.496 e. The SMILES string of the molecule is COc1cc(C)c(-c2nc3ccccc3c(=O)n2N=Cc2cc(OC)c(OCC#N)c([N+](=O)[O-])c2)cc1C(C)C. The zero-order valence-electron chi connectivity index (χ0n) is 22.7. The highest BCUT2D eigenvalue weighted by Crippen LogP contribution is 2.38. The van der Waals surface area contributed by atoms with Crippen molar-refractivity contribution >= 4 is 22.8 Å². The number of aromatic nitrogens is 2. The Morgan fingerprint density at radius 2 is 1.88 bits per heavy atom. The lowest BCUT2D eigenvalue weighted by atomic mass is 9.96. The van der Waals surface area contributed by atoms with Gasteiger partial charge in [0, 0.05) is 17.2 Å². The number of aryl methyl sites for hydroxylation is 1. The Hall–Kier alpha value is -5.24. The summed E-state index contributed by atoms with van der Waals surface area (Å²) in [5.74, 6) is 1.03. The molecule has 11 heteroatoms. The maximum absolute atomic E-state index is 13.7. The second kappa shape index (κ2) is 11.7. The highest BCUT2D eigenvalue weighted by Gasteiger charge is 2.23. The van der Waals surface area contributed by atoms with E-state index < -0.39 is 22.8 Å². The van der Waals surface area contributed by atoms with E-state index in [9.17, 15) is 14.9 Å². The van der Waals surface area contributed by atoms with Crippen LogP contribution < -0.4 is 19.8 Å². The van der Waals surface area contributed by atoms with Gasteiger partial charge in [-0.15, -0.1) is 0 Å². The molecule has 0 unspecified atom stereocenters. The van der Waals surface area contributed by atoms with E-state index in [1.807, 2.05) is 32.9 Å². The zero-order valence-corrected chi connectivity index (χ0v) is 22.7. The van der Waals surface area contributed by atoms with E-state index >= 15 is 0 Å². The Morgan fingerprint density at radius 3 is 2.52 bits per heavy atom. The van der Waals surface area contributed by atoms with Crippen molar-refractivity contribution in [2.75, 3.05) is 20.8 Å². The van der Waals surface area contributed by atoms with Crippen LogP contribution in [0.15, 0.2) is 58.4 Å². The Labute approximate surface area is 230 Å². The Morgan fingerprint density at radius 1 is 1.15 bits per heavy atom. The molecule has 4 rings (SSSR count). The number of rotatable bonds is 9. The molecule has 0 saturated heterocycles. The second-order valence-electron chi connectivity index (χ2n) is 9.15. The minimum absolute atomic E-state index is 0.0441. The molecule has 0 amide bonds. The Kier molecular flexibility index (Phi) is 8.09. The lowest BCUT2D eigenvalue weighted by molar-refractivity contribution is -0.385. The molecule has 0 saturated carbocycles. The van der Waals surface area contributed by atoms with Crippen LogP contribution in [0.1, 0.15) is 36.5 Å². The third kappa shape index (κ3) is 5.33. The van der Waals surface area contributed by atoms with Crippen LogP contribution in [-0.2, 0) is 0 Å². The van der Waals surface area contributed by atoms with Gasteiger partial charge in [-0.2, -0.15) is 15.0 Å². The van der Waals surface area contributed by atoms with E-state index in [0.717, 1.165) is 16.9 Å². The minimum Gasteiger partial charge on any atom is -0.496 e. The first-order valence-electron chi connectivity index (χ1n) is 12.3. The van der Waals surface area contributed by atoms with Gasteiger partial charge in [0.2, 0.25) is 5.75 Å². The number of ether oxygens (including phenoxy) is 3. The number of para-hydroxylation sites is 1. The fraction of sp³-hybridized carbons (Fsp3) is 0.241. The van der Waals surface area contributed by atoms with Gasteiger partial charge in [0.15, 0.2) is 18.2 Å². The highest BCUT2D eigenvalue weighted by atomic mass is 16.6. The molecular weight excluding hydrogens is 514 g/mol. The predicted molar refractivity (Wildman–Crippen MR) is 151 cm³/mol. The third-order valence-corrected chi connectivity index (χ3v) is 6.27. The number of hydrogen-bond acceptors (Lipinski definition) is 9. The molecule has 40 heavy (non-hydrogen) atoms. The molecule has 0 spiro atoms. The lowest BCUT2D eigenvalue weighted by Gasteiger charge is -2.17. The number of benzene rings is 3. The van der Waals surface area contributed by atoms with Crippen LogP contribution in [0.5, 0.6) is 17.2 Å². The average Bonchev–Trinajstić information content (AvgIpc) is 2.94. The second-order valence-corrected chi connectivity index (χ2v) is 9.15. The van der Waals surface area contributed by atoms with E-state index in [1.165, 1.54) is 30.1 Å². The number of nitrogens with zero attached hydrogens (tertiary/aromatic N) is 5. The van der Waals surface area contributed by atoms with Crippen molar-refractivity contribution in [2.45, 2.75) is 26.7 Å². The van der Waals surface area contributed by atoms with Gasteiger partial charge in [0.1, 0.15) is 11.8 Å². The summed E-state index contributed by atoms with van der Waals surface area (Å²) >= 11 is 0. The van der Waals surface area contributed by atoms with Crippen molar-refractivity contribution in [1.29, 1.82) is 5.26 Å². The van der Waals surface area contributed by atoms with Crippen LogP contribution in [0.2, 0.25) is 0 Å². The molecule has 0 aliphatic rings. The van der Waals surface area contributed by atoms with Gasteiger partial charge in [-0.3, -0.25) is 14.9 Å². The first-order chi connectivity index (χ1) is 19.2. The van der Waals surface area contributed by atoms with Gasteiger partial charge in [-0.1, -0.05) is 26.0 Å². The molecule has 11 nitrogen and oxygen atoms in total. The average molecular weight is 542 g/mol.